The van der Waals surface area contributed by atoms with Gasteiger partial charge in [-0.2, -0.15) is 0 Å². The highest BCUT2D eigenvalue weighted by atomic mass is 16.5. The van der Waals surface area contributed by atoms with E-state index in [-0.39, 0.29) is 0 Å². The Labute approximate surface area is 128 Å². The third-order valence-corrected chi connectivity index (χ3v) is 3.37. The van der Waals surface area contributed by atoms with Crippen molar-refractivity contribution in [2.45, 2.75) is 6.42 Å². The van der Waals surface area contributed by atoms with Crippen LogP contribution in [0.1, 0.15) is 6.42 Å². The van der Waals surface area contributed by atoms with Gasteiger partial charge in [0.05, 0.1) is 18.5 Å². The second kappa shape index (κ2) is 6.44. The summed E-state index contributed by atoms with van der Waals surface area (Å²) in [6.45, 7) is 1.65. The van der Waals surface area contributed by atoms with Gasteiger partial charge in [0.25, 0.3) is 0 Å². The minimum Gasteiger partial charge on any atom is -0.494 e. The first-order valence-corrected chi connectivity index (χ1v) is 7.26. The van der Waals surface area contributed by atoms with E-state index in [2.05, 4.69) is 15.4 Å². The Balaban J connectivity index is 1.78. The number of nitrogens with two attached hydrogens (primary N) is 1. The number of ether oxygens (including phenoxy) is 1. The van der Waals surface area contributed by atoms with E-state index in [9.17, 15) is 0 Å². The molecule has 2 aromatic heterocycles. The second-order valence-corrected chi connectivity index (χ2v) is 5.00. The van der Waals surface area contributed by atoms with Crippen LogP contribution < -0.4 is 15.8 Å². The lowest BCUT2D eigenvalue weighted by Crippen LogP contribution is -2.11. The first-order chi connectivity index (χ1) is 10.8. The van der Waals surface area contributed by atoms with Crippen molar-refractivity contribution in [3.63, 3.8) is 0 Å². The highest BCUT2D eigenvalue weighted by molar-refractivity contribution is 5.64. The molecule has 0 atom stereocenters. The maximum Gasteiger partial charge on any atom is 0.154 e. The van der Waals surface area contributed by atoms with Crippen LogP contribution in [0, 0.1) is 0 Å². The van der Waals surface area contributed by atoms with Crippen molar-refractivity contribution in [3.8, 4) is 17.0 Å². The molecule has 0 unspecified atom stereocenters. The van der Waals surface area contributed by atoms with Crippen molar-refractivity contribution in [1.82, 2.24) is 19.9 Å². The van der Waals surface area contributed by atoms with Crippen molar-refractivity contribution in [2.24, 2.45) is 0 Å². The Morgan fingerprint density at radius 3 is 2.77 bits per heavy atom. The fraction of sp³-hybridized carbons (Fsp3) is 0.250. The van der Waals surface area contributed by atoms with E-state index in [1.165, 1.54) is 0 Å². The molecule has 0 aliphatic heterocycles. The molecule has 0 saturated carbocycles. The molecular weight excluding hydrogens is 278 g/mol. The van der Waals surface area contributed by atoms with Gasteiger partial charge in [-0.25, -0.2) is 9.50 Å². The molecule has 0 saturated heterocycles. The van der Waals surface area contributed by atoms with Crippen LogP contribution in [0.25, 0.3) is 16.9 Å². The SMILES string of the molecule is CNCCCOc1ccc(-c2cnc3ccc(N)nn23)cc1. The van der Waals surface area contributed by atoms with Crippen LogP contribution >= 0.6 is 0 Å². The smallest absolute Gasteiger partial charge is 0.154 e. The molecule has 0 radical (unpaired) electrons. The molecule has 0 spiro atoms. The molecule has 0 bridgehead atoms. The van der Waals surface area contributed by atoms with Crippen LogP contribution in [0.15, 0.2) is 42.6 Å². The Morgan fingerprint density at radius 2 is 2.00 bits per heavy atom. The summed E-state index contributed by atoms with van der Waals surface area (Å²) in [5, 5.41) is 7.39. The van der Waals surface area contributed by atoms with Crippen LogP contribution in [0.4, 0.5) is 5.82 Å². The van der Waals surface area contributed by atoms with Crippen LogP contribution in [0.3, 0.4) is 0 Å². The van der Waals surface area contributed by atoms with Crippen molar-refractivity contribution in [3.05, 3.63) is 42.6 Å². The number of rotatable bonds is 6. The van der Waals surface area contributed by atoms with Crippen LogP contribution in [-0.4, -0.2) is 34.8 Å². The van der Waals surface area contributed by atoms with Gasteiger partial charge < -0.3 is 15.8 Å². The summed E-state index contributed by atoms with van der Waals surface area (Å²) in [5.41, 5.74) is 8.45. The summed E-state index contributed by atoms with van der Waals surface area (Å²) in [7, 11) is 1.94. The Morgan fingerprint density at radius 1 is 1.18 bits per heavy atom. The van der Waals surface area contributed by atoms with Crippen molar-refractivity contribution < 1.29 is 4.74 Å². The van der Waals surface area contributed by atoms with Crippen molar-refractivity contribution >= 4 is 11.5 Å². The van der Waals surface area contributed by atoms with Gasteiger partial charge in [0.1, 0.15) is 11.6 Å². The van der Waals surface area contributed by atoms with Gasteiger partial charge in [0.2, 0.25) is 0 Å². The molecule has 3 rings (SSSR count). The molecule has 0 fully saturated rings. The molecule has 1 aromatic carbocycles. The zero-order chi connectivity index (χ0) is 15.4. The predicted octanol–water partition coefficient (Wildman–Crippen LogP) is 1.97. The molecule has 3 aromatic rings. The van der Waals surface area contributed by atoms with E-state index in [1.54, 1.807) is 16.8 Å². The van der Waals surface area contributed by atoms with Gasteiger partial charge in [-0.3, -0.25) is 0 Å². The number of aromatic nitrogens is 3. The standard InChI is InChI=1S/C16H19N5O/c1-18-9-2-10-22-13-5-3-12(4-6-13)14-11-19-16-8-7-15(17)20-21(14)16/h3-8,11,18H,2,9-10H2,1H3,(H2,17,20). The zero-order valence-corrected chi connectivity index (χ0v) is 12.5. The summed E-state index contributed by atoms with van der Waals surface area (Å²) >= 11 is 0. The first-order valence-electron chi connectivity index (χ1n) is 7.26. The third kappa shape index (κ3) is 3.01. The van der Waals surface area contributed by atoms with Gasteiger partial charge in [0.15, 0.2) is 5.65 Å². The average molecular weight is 297 g/mol. The number of benzene rings is 1. The molecule has 0 amide bonds. The van der Waals surface area contributed by atoms with Crippen LogP contribution in [0.5, 0.6) is 5.75 Å². The highest BCUT2D eigenvalue weighted by Crippen LogP contribution is 2.23. The lowest BCUT2D eigenvalue weighted by atomic mass is 10.1. The van der Waals surface area contributed by atoms with E-state index in [0.717, 1.165) is 35.6 Å². The molecule has 2 heterocycles. The van der Waals surface area contributed by atoms with Crippen LogP contribution in [-0.2, 0) is 0 Å². The van der Waals surface area contributed by atoms with E-state index < -0.39 is 0 Å². The summed E-state index contributed by atoms with van der Waals surface area (Å²) in [4.78, 5) is 4.34. The molecule has 114 valence electrons. The minimum absolute atomic E-state index is 0.469. The number of hydrogen-bond acceptors (Lipinski definition) is 5. The van der Waals surface area contributed by atoms with Crippen LogP contribution in [0.2, 0.25) is 0 Å². The molecule has 6 nitrogen and oxygen atoms in total. The molecule has 0 aliphatic carbocycles. The topological polar surface area (TPSA) is 77.5 Å². The van der Waals surface area contributed by atoms with Gasteiger partial charge in [-0.1, -0.05) is 0 Å². The van der Waals surface area contributed by atoms with Gasteiger partial charge in [0, 0.05) is 5.56 Å². The quantitative estimate of drug-likeness (QED) is 0.680. The molecule has 0 aliphatic rings. The summed E-state index contributed by atoms with van der Waals surface area (Å²) in [5.74, 6) is 1.33. The van der Waals surface area contributed by atoms with E-state index in [0.29, 0.717) is 12.4 Å². The van der Waals surface area contributed by atoms with Gasteiger partial charge in [-0.15, -0.1) is 5.10 Å². The highest BCUT2D eigenvalue weighted by Gasteiger charge is 2.07. The second-order valence-electron chi connectivity index (χ2n) is 5.00. The summed E-state index contributed by atoms with van der Waals surface area (Å²) in [6, 6.07) is 11.5. The summed E-state index contributed by atoms with van der Waals surface area (Å²) < 4.78 is 7.44. The molecule has 22 heavy (non-hydrogen) atoms. The minimum atomic E-state index is 0.469. The number of nitrogens with zero attached hydrogens (tertiary/aromatic N) is 3. The maximum atomic E-state index is 5.75. The molecular formula is C16H19N5O. The van der Waals surface area contributed by atoms with E-state index in [1.807, 2.05) is 37.4 Å². The lowest BCUT2D eigenvalue weighted by molar-refractivity contribution is 0.310. The molecule has 6 heteroatoms. The molecule has 3 N–H and O–H groups in total. The van der Waals surface area contributed by atoms with E-state index >= 15 is 0 Å². The Hall–Kier alpha value is -2.60. The lowest BCUT2D eigenvalue weighted by Gasteiger charge is -2.07. The number of fused-ring (bicyclic) bond motifs is 1. The van der Waals surface area contributed by atoms with Gasteiger partial charge in [-0.05, 0) is 56.4 Å². The summed E-state index contributed by atoms with van der Waals surface area (Å²) in [6.07, 6.45) is 2.78. The number of hydrogen-bond donors (Lipinski definition) is 2. The zero-order valence-electron chi connectivity index (χ0n) is 12.5. The largest absolute Gasteiger partial charge is 0.494 e. The van der Waals surface area contributed by atoms with E-state index in [4.69, 9.17) is 10.5 Å². The van der Waals surface area contributed by atoms with Gasteiger partial charge >= 0.3 is 0 Å². The first kappa shape index (κ1) is 14.3. The number of nitrogen functional groups attached to an aromatic ring is 1. The van der Waals surface area contributed by atoms with Crippen molar-refractivity contribution in [2.75, 3.05) is 25.9 Å². The fourth-order valence-corrected chi connectivity index (χ4v) is 2.25. The normalized spacial score (nSPS) is 11.0. The Kier molecular flexibility index (Phi) is 4.20. The Bertz CT molecular complexity index is 751. The third-order valence-electron chi connectivity index (χ3n) is 3.37. The predicted molar refractivity (Wildman–Crippen MR) is 86.9 cm³/mol. The fourth-order valence-electron chi connectivity index (χ4n) is 2.25. The maximum absolute atomic E-state index is 5.75. The number of imidazole rings is 1. The average Bonchev–Trinajstić information content (AvgIpc) is 2.95. The monoisotopic (exact) mass is 297 g/mol. The van der Waals surface area contributed by atoms with Crippen molar-refractivity contribution in [1.29, 1.82) is 0 Å². The number of anilines is 1. The number of nitrogens with one attached hydrogen (secondary N) is 1.